The van der Waals surface area contributed by atoms with Crippen molar-refractivity contribution >= 4 is 98.6 Å². The van der Waals surface area contributed by atoms with E-state index < -0.39 is 30.0 Å². The lowest BCUT2D eigenvalue weighted by atomic mass is 10.1. The largest absolute Gasteiger partial charge is 0.439 e. The topological polar surface area (TPSA) is 221 Å². The van der Waals surface area contributed by atoms with E-state index in [9.17, 15) is 25.9 Å². The third kappa shape index (κ3) is 11.7. The lowest BCUT2D eigenvalue weighted by Crippen LogP contribution is -2.05. The summed E-state index contributed by atoms with van der Waals surface area (Å²) < 4.78 is 98.0. The van der Waals surface area contributed by atoms with Crippen molar-refractivity contribution in [2.75, 3.05) is 10.6 Å². The molecule has 12 aromatic rings. The highest BCUT2D eigenvalue weighted by atomic mass is 32.2. The van der Waals surface area contributed by atoms with Gasteiger partial charge in [0.25, 0.3) is 20.2 Å². The molecule has 12 rings (SSSR count). The zero-order valence-corrected chi connectivity index (χ0v) is 43.3. The van der Waals surface area contributed by atoms with Gasteiger partial charge in [-0.3, -0.25) is 9.11 Å². The van der Waals surface area contributed by atoms with Crippen molar-refractivity contribution in [1.82, 2.24) is 19.9 Å². The number of benzene rings is 10. The SMILES string of the molecule is O=S(=O)(O)c1cc(Nc2cc(Oc3ccc4ccccc4c3)nc(Oc3ccc4ccccc4c3)n2)ccc1/C=C/c1ccc(Nc2nc(Oc3ccc4ccccc4c3)cc(Oc3ccc4ccccc4c3)n2)cc1S(=O)(=O)O. The first kappa shape index (κ1) is 50.6. The molecule has 2 heterocycles. The Labute approximate surface area is 457 Å². The summed E-state index contributed by atoms with van der Waals surface area (Å²) in [5, 5.41) is 13.9. The van der Waals surface area contributed by atoms with Crippen LogP contribution in [-0.4, -0.2) is 45.9 Å². The second-order valence-corrected chi connectivity index (χ2v) is 21.0. The molecule has 0 fully saturated rings. The van der Waals surface area contributed by atoms with E-state index in [0.717, 1.165) is 49.2 Å². The summed E-state index contributed by atoms with van der Waals surface area (Å²) in [4.78, 5) is 17.1. The van der Waals surface area contributed by atoms with Crippen molar-refractivity contribution in [3.05, 3.63) is 230 Å². The van der Waals surface area contributed by atoms with Gasteiger partial charge in [0, 0.05) is 17.4 Å². The van der Waals surface area contributed by atoms with Crippen LogP contribution in [0.1, 0.15) is 11.1 Å². The molecule has 16 nitrogen and oxygen atoms in total. The molecule has 2 aromatic heterocycles. The fourth-order valence-corrected chi connectivity index (χ4v) is 10.3. The maximum absolute atomic E-state index is 13.0. The van der Waals surface area contributed by atoms with Gasteiger partial charge in [0.15, 0.2) is 0 Å². The Morgan fingerprint density at radius 1 is 0.350 bits per heavy atom. The van der Waals surface area contributed by atoms with E-state index in [1.54, 1.807) is 24.3 Å². The molecular weight excluding hydrogens is 1050 g/mol. The average Bonchev–Trinajstić information content (AvgIpc) is 3.45. The van der Waals surface area contributed by atoms with Crippen LogP contribution in [0.5, 0.6) is 46.6 Å². The van der Waals surface area contributed by atoms with Crippen LogP contribution >= 0.6 is 0 Å². The van der Waals surface area contributed by atoms with Gasteiger partial charge >= 0.3 is 6.01 Å². The summed E-state index contributed by atoms with van der Waals surface area (Å²) in [6.07, 6.45) is 2.57. The molecule has 10 aromatic carbocycles. The van der Waals surface area contributed by atoms with Crippen LogP contribution in [0, 0.1) is 0 Å². The van der Waals surface area contributed by atoms with Gasteiger partial charge in [0.2, 0.25) is 23.6 Å². The zero-order valence-electron chi connectivity index (χ0n) is 41.7. The monoisotopic (exact) mass is 1090 g/mol. The Morgan fingerprint density at radius 2 is 0.713 bits per heavy atom. The van der Waals surface area contributed by atoms with Crippen molar-refractivity contribution < 1.29 is 44.9 Å². The van der Waals surface area contributed by atoms with Crippen LogP contribution < -0.4 is 29.6 Å². The number of nitrogens with zero attached hydrogens (tertiary/aromatic N) is 4. The smallest absolute Gasteiger partial charge is 0.327 e. The molecular formula is C62H42N6O10S2. The highest BCUT2D eigenvalue weighted by Crippen LogP contribution is 2.35. The Hall–Kier alpha value is -10.2. The Morgan fingerprint density at radius 3 is 1.11 bits per heavy atom. The minimum absolute atomic E-state index is 0.0274. The molecule has 0 radical (unpaired) electrons. The molecule has 0 atom stereocenters. The second-order valence-electron chi connectivity index (χ2n) is 18.2. The number of nitrogens with one attached hydrogen (secondary N) is 2. The molecule has 18 heteroatoms. The summed E-state index contributed by atoms with van der Waals surface area (Å²) in [7, 11) is -9.84. The standard InChI is InChI=1S/C62H42N6O10S2/c69-79(70,71)55-35-49(63-57-37-58(75-51-27-21-39-9-1-5-13-45(39)31-51)68-62(65-57)78-54-30-24-42-12-4-8-16-48(42)34-54)25-19-43(55)17-18-44-20-26-50(36-56(44)80(72,73)74)64-61-66-59(76-52-28-22-40-10-2-6-14-46(40)32-52)38-60(67-61)77-53-29-23-41-11-3-7-15-47(41)33-53/h1-38H,(H,63,65,68)(H,64,66,67)(H,69,70,71)(H,72,73,74)/b18-17+. The lowest BCUT2D eigenvalue weighted by Gasteiger charge is -2.13. The van der Waals surface area contributed by atoms with Crippen LogP contribution in [0.2, 0.25) is 0 Å². The Balaban J connectivity index is 0.829. The molecule has 0 aliphatic heterocycles. The van der Waals surface area contributed by atoms with Gasteiger partial charge < -0.3 is 29.6 Å². The first-order valence-corrected chi connectivity index (χ1v) is 27.5. The van der Waals surface area contributed by atoms with Crippen molar-refractivity contribution in [1.29, 1.82) is 0 Å². The molecule has 392 valence electrons. The fraction of sp³-hybridized carbons (Fsp3) is 0. The normalized spacial score (nSPS) is 11.8. The van der Waals surface area contributed by atoms with Gasteiger partial charge in [-0.2, -0.15) is 36.8 Å². The maximum atomic E-state index is 13.0. The van der Waals surface area contributed by atoms with Crippen LogP contribution in [0.15, 0.2) is 228 Å². The average molecular weight is 1100 g/mol. The molecule has 0 aliphatic rings. The van der Waals surface area contributed by atoms with Crippen molar-refractivity contribution in [3.8, 4) is 46.6 Å². The van der Waals surface area contributed by atoms with Crippen molar-refractivity contribution in [2.45, 2.75) is 9.79 Å². The minimum Gasteiger partial charge on any atom is -0.439 e. The van der Waals surface area contributed by atoms with E-state index in [4.69, 9.17) is 18.9 Å². The second kappa shape index (κ2) is 21.3. The molecule has 0 saturated carbocycles. The molecule has 0 saturated heterocycles. The first-order valence-electron chi connectivity index (χ1n) is 24.7. The van der Waals surface area contributed by atoms with Gasteiger partial charge in [0.05, 0.1) is 6.07 Å². The van der Waals surface area contributed by atoms with Crippen LogP contribution in [0.25, 0.3) is 55.2 Å². The number of anilines is 4. The van der Waals surface area contributed by atoms with Gasteiger partial charge in [-0.15, -0.1) is 0 Å². The molecule has 0 amide bonds. The van der Waals surface area contributed by atoms with Crippen LogP contribution in [0.3, 0.4) is 0 Å². The Bertz CT molecular complexity index is 4170. The van der Waals surface area contributed by atoms with Gasteiger partial charge in [-0.25, -0.2) is 0 Å². The number of ether oxygens (including phenoxy) is 4. The number of fused-ring (bicyclic) bond motifs is 4. The third-order valence-electron chi connectivity index (χ3n) is 12.7. The summed E-state index contributed by atoms with van der Waals surface area (Å²) >= 11 is 0. The molecule has 0 bridgehead atoms. The summed E-state index contributed by atoms with van der Waals surface area (Å²) in [6.45, 7) is 0. The molecule has 80 heavy (non-hydrogen) atoms. The first-order chi connectivity index (χ1) is 38.8. The predicted molar refractivity (Wildman–Crippen MR) is 308 cm³/mol. The number of aromatic nitrogens is 4. The predicted octanol–water partition coefficient (Wildman–Crippen LogP) is 15.2. The summed E-state index contributed by atoms with van der Waals surface area (Å²) in [6, 6.07) is 64.5. The lowest BCUT2D eigenvalue weighted by molar-refractivity contribution is 0.413. The van der Waals surface area contributed by atoms with E-state index in [-0.39, 0.29) is 57.9 Å². The zero-order chi connectivity index (χ0) is 54.8. The van der Waals surface area contributed by atoms with E-state index in [2.05, 4.69) is 30.6 Å². The third-order valence-corrected chi connectivity index (χ3v) is 14.5. The van der Waals surface area contributed by atoms with E-state index >= 15 is 0 Å². The van der Waals surface area contributed by atoms with Crippen molar-refractivity contribution in [2.24, 2.45) is 0 Å². The maximum Gasteiger partial charge on any atom is 0.327 e. The molecule has 0 unspecified atom stereocenters. The van der Waals surface area contributed by atoms with Crippen LogP contribution in [0.4, 0.5) is 23.1 Å². The number of rotatable bonds is 16. The minimum atomic E-state index is -4.92. The summed E-state index contributed by atoms with van der Waals surface area (Å²) in [5.41, 5.74) is 0.260. The highest BCUT2D eigenvalue weighted by Gasteiger charge is 2.20. The van der Waals surface area contributed by atoms with E-state index in [1.165, 1.54) is 54.6 Å². The van der Waals surface area contributed by atoms with Gasteiger partial charge in [-0.05, 0) is 127 Å². The van der Waals surface area contributed by atoms with E-state index in [0.29, 0.717) is 23.0 Å². The quantitative estimate of drug-likeness (QED) is 0.0522. The summed E-state index contributed by atoms with van der Waals surface area (Å²) in [5.74, 6) is 2.30. The molecule has 0 aliphatic carbocycles. The molecule has 0 spiro atoms. The molecule has 4 N–H and O–H groups in total. The highest BCUT2D eigenvalue weighted by molar-refractivity contribution is 7.86. The van der Waals surface area contributed by atoms with Gasteiger partial charge in [0.1, 0.15) is 38.6 Å². The van der Waals surface area contributed by atoms with E-state index in [1.807, 2.05) is 146 Å². The van der Waals surface area contributed by atoms with Crippen LogP contribution in [-0.2, 0) is 20.2 Å². The van der Waals surface area contributed by atoms with Gasteiger partial charge in [-0.1, -0.05) is 146 Å². The number of hydrogen-bond donors (Lipinski definition) is 4. The number of hydrogen-bond acceptors (Lipinski definition) is 14. The van der Waals surface area contributed by atoms with Crippen molar-refractivity contribution in [3.63, 3.8) is 0 Å². The fourth-order valence-electron chi connectivity index (χ4n) is 8.92. The Kier molecular flexibility index (Phi) is 13.5.